The Labute approximate surface area is 169 Å². The Morgan fingerprint density at radius 1 is 0.929 bits per heavy atom. The quantitative estimate of drug-likeness (QED) is 0.707. The number of benzene rings is 2. The van der Waals surface area contributed by atoms with Crippen LogP contribution in [0.2, 0.25) is 0 Å². The molecule has 0 bridgehead atoms. The molecule has 2 aliphatic rings. The highest BCUT2D eigenvalue weighted by Gasteiger charge is 2.32. The first kappa shape index (κ1) is 19.7. The molecule has 150 valence electrons. The summed E-state index contributed by atoms with van der Waals surface area (Å²) < 4.78 is 16.0. The number of nitrogens with zero attached hydrogens (tertiary/aromatic N) is 3. The van der Waals surface area contributed by atoms with Crippen molar-refractivity contribution in [3.05, 3.63) is 58.7 Å². The van der Waals surface area contributed by atoms with Crippen LogP contribution < -0.4 is 9.26 Å². The summed E-state index contributed by atoms with van der Waals surface area (Å²) >= 11 is 0. The minimum absolute atomic E-state index is 0.467. The number of ether oxygens (including phenoxy) is 1. The molecule has 1 unspecified atom stereocenters. The van der Waals surface area contributed by atoms with Crippen LogP contribution in [-0.2, 0) is 19.4 Å². The summed E-state index contributed by atoms with van der Waals surface area (Å²) in [6.07, 6.45) is 2.15. The minimum atomic E-state index is -0.782. The van der Waals surface area contributed by atoms with Crippen molar-refractivity contribution >= 4 is 8.45 Å². The molecular formula is C22H30N3O2P. The molecule has 0 saturated heterocycles. The fourth-order valence-corrected chi connectivity index (χ4v) is 5.69. The van der Waals surface area contributed by atoms with Gasteiger partial charge in [0.2, 0.25) is 8.45 Å². The van der Waals surface area contributed by atoms with Gasteiger partial charge in [-0.25, -0.2) is 9.34 Å². The van der Waals surface area contributed by atoms with Crippen molar-refractivity contribution in [3.8, 4) is 11.5 Å². The monoisotopic (exact) mass is 399 g/mol. The van der Waals surface area contributed by atoms with Crippen LogP contribution in [0.15, 0.2) is 36.4 Å². The first-order valence-corrected chi connectivity index (χ1v) is 11.0. The van der Waals surface area contributed by atoms with Gasteiger partial charge in [-0.3, -0.25) is 4.90 Å². The summed E-state index contributed by atoms with van der Waals surface area (Å²) in [5, 5.41) is 0. The van der Waals surface area contributed by atoms with Crippen molar-refractivity contribution in [2.24, 2.45) is 0 Å². The molecule has 0 spiro atoms. The van der Waals surface area contributed by atoms with Crippen LogP contribution in [0.4, 0.5) is 0 Å². The molecule has 2 aliphatic heterocycles. The lowest BCUT2D eigenvalue weighted by molar-refractivity contribution is 0.160. The maximum Gasteiger partial charge on any atom is 0.247 e. The van der Waals surface area contributed by atoms with E-state index in [1.165, 1.54) is 22.3 Å². The summed E-state index contributed by atoms with van der Waals surface area (Å²) in [4.78, 5) is 2.61. The van der Waals surface area contributed by atoms with Crippen LogP contribution in [-0.4, -0.2) is 56.1 Å². The van der Waals surface area contributed by atoms with E-state index in [1.54, 1.807) is 7.11 Å². The topological polar surface area (TPSA) is 28.2 Å². The van der Waals surface area contributed by atoms with Crippen LogP contribution in [0.5, 0.6) is 11.5 Å². The minimum Gasteiger partial charge on any atom is -0.497 e. The van der Waals surface area contributed by atoms with E-state index in [0.29, 0.717) is 6.04 Å². The summed E-state index contributed by atoms with van der Waals surface area (Å²) in [6, 6.07) is 13.7. The molecule has 0 radical (unpaired) electrons. The predicted molar refractivity (Wildman–Crippen MR) is 115 cm³/mol. The number of methoxy groups -OCH3 is 1. The molecule has 0 saturated carbocycles. The second-order valence-electron chi connectivity index (χ2n) is 7.97. The molecule has 0 fully saturated rings. The molecule has 1 atom stereocenters. The normalized spacial score (nSPS) is 18.8. The van der Waals surface area contributed by atoms with E-state index < -0.39 is 8.45 Å². The summed E-state index contributed by atoms with van der Waals surface area (Å²) in [5.41, 5.74) is 5.74. The first-order valence-electron chi connectivity index (χ1n) is 9.81. The van der Waals surface area contributed by atoms with Crippen LogP contribution in [0.1, 0.15) is 28.3 Å². The van der Waals surface area contributed by atoms with Crippen LogP contribution >= 0.6 is 8.45 Å². The molecule has 2 aromatic rings. The van der Waals surface area contributed by atoms with Gasteiger partial charge in [0, 0.05) is 19.1 Å². The smallest absolute Gasteiger partial charge is 0.247 e. The van der Waals surface area contributed by atoms with Crippen molar-refractivity contribution in [1.29, 1.82) is 0 Å². The zero-order valence-electron chi connectivity index (χ0n) is 17.5. The van der Waals surface area contributed by atoms with Gasteiger partial charge >= 0.3 is 0 Å². The van der Waals surface area contributed by atoms with Gasteiger partial charge in [0.05, 0.1) is 7.11 Å². The van der Waals surface area contributed by atoms with Crippen LogP contribution in [0.3, 0.4) is 0 Å². The highest BCUT2D eigenvalue weighted by atomic mass is 31.2. The van der Waals surface area contributed by atoms with E-state index in [2.05, 4.69) is 78.8 Å². The van der Waals surface area contributed by atoms with Crippen molar-refractivity contribution in [2.45, 2.75) is 25.4 Å². The number of hydrogen-bond acceptors (Lipinski definition) is 5. The molecule has 0 aliphatic carbocycles. The second-order valence-corrected chi connectivity index (χ2v) is 10.3. The van der Waals surface area contributed by atoms with E-state index in [-0.39, 0.29) is 0 Å². The van der Waals surface area contributed by atoms with E-state index in [0.717, 1.165) is 37.4 Å². The van der Waals surface area contributed by atoms with E-state index in [4.69, 9.17) is 9.26 Å². The van der Waals surface area contributed by atoms with E-state index >= 15 is 0 Å². The number of fused-ring (bicyclic) bond motifs is 4. The molecule has 2 heterocycles. The zero-order chi connectivity index (χ0) is 19.8. The maximum absolute atomic E-state index is 6.31. The van der Waals surface area contributed by atoms with Gasteiger partial charge in [0.15, 0.2) is 0 Å². The molecule has 0 N–H and O–H groups in total. The molecule has 5 nitrogen and oxygen atoms in total. The van der Waals surface area contributed by atoms with Crippen molar-refractivity contribution in [3.63, 3.8) is 0 Å². The third-order valence-corrected chi connectivity index (χ3v) is 7.40. The molecule has 6 heteroatoms. The Kier molecular flexibility index (Phi) is 5.62. The lowest BCUT2D eigenvalue weighted by Crippen LogP contribution is -2.39. The third kappa shape index (κ3) is 3.77. The predicted octanol–water partition coefficient (Wildman–Crippen LogP) is 4.08. The third-order valence-electron chi connectivity index (χ3n) is 5.65. The van der Waals surface area contributed by atoms with Crippen LogP contribution in [0, 0.1) is 0 Å². The molecule has 2 aromatic carbocycles. The summed E-state index contributed by atoms with van der Waals surface area (Å²) in [7, 11) is 9.22. The maximum atomic E-state index is 6.31. The average molecular weight is 399 g/mol. The van der Waals surface area contributed by atoms with Gasteiger partial charge < -0.3 is 9.26 Å². The van der Waals surface area contributed by atoms with Gasteiger partial charge in [-0.2, -0.15) is 0 Å². The summed E-state index contributed by atoms with van der Waals surface area (Å²) in [5.74, 6) is 1.93. The Balaban J connectivity index is 1.57. The molecular weight excluding hydrogens is 369 g/mol. The van der Waals surface area contributed by atoms with Gasteiger partial charge in [-0.15, -0.1) is 0 Å². The van der Waals surface area contributed by atoms with Gasteiger partial charge in [-0.05, 0) is 87.6 Å². The molecule has 0 amide bonds. The highest BCUT2D eigenvalue weighted by molar-refractivity contribution is 7.47. The van der Waals surface area contributed by atoms with Crippen molar-refractivity contribution in [1.82, 2.24) is 14.2 Å². The number of hydrogen-bond donors (Lipinski definition) is 0. The number of rotatable bonds is 5. The lowest BCUT2D eigenvalue weighted by Gasteiger charge is -2.41. The largest absolute Gasteiger partial charge is 0.497 e. The molecule has 4 rings (SSSR count). The second kappa shape index (κ2) is 8.00. The van der Waals surface area contributed by atoms with Gasteiger partial charge in [0.25, 0.3) is 0 Å². The molecule has 0 aromatic heterocycles. The Morgan fingerprint density at radius 2 is 1.64 bits per heavy atom. The lowest BCUT2D eigenvalue weighted by atomic mass is 9.84. The van der Waals surface area contributed by atoms with Crippen molar-refractivity contribution < 1.29 is 9.26 Å². The fourth-order valence-electron chi connectivity index (χ4n) is 4.34. The standard InChI is InChI=1S/C22H30N3O2P/c1-23(2)28(24(3)4)27-20-7-6-16-14-22-21-9-8-19(26-5)12-17(21)10-11-25(22)15-18(16)13-20/h6-9,12-13,22H,10-11,14-15H2,1-5H3. The van der Waals surface area contributed by atoms with E-state index in [1.807, 2.05) is 0 Å². The summed E-state index contributed by atoms with van der Waals surface area (Å²) in [6.45, 7) is 2.09. The highest BCUT2D eigenvalue weighted by Crippen LogP contribution is 2.44. The zero-order valence-corrected chi connectivity index (χ0v) is 18.4. The Bertz CT molecular complexity index is 848. The van der Waals surface area contributed by atoms with Gasteiger partial charge in [0.1, 0.15) is 11.5 Å². The first-order chi connectivity index (χ1) is 13.5. The Morgan fingerprint density at radius 3 is 2.36 bits per heavy atom. The van der Waals surface area contributed by atoms with Crippen molar-refractivity contribution in [2.75, 3.05) is 41.8 Å². The average Bonchev–Trinajstić information content (AvgIpc) is 2.69. The Hall–Kier alpha value is -1.65. The molecule has 28 heavy (non-hydrogen) atoms. The van der Waals surface area contributed by atoms with E-state index in [9.17, 15) is 0 Å². The van der Waals surface area contributed by atoms with Crippen LogP contribution in [0.25, 0.3) is 0 Å². The fraction of sp³-hybridized carbons (Fsp3) is 0.455. The SMILES string of the molecule is COc1ccc2c(c1)CCN1Cc3cc(OP(N(C)C)N(C)C)ccc3CC21. The van der Waals surface area contributed by atoms with Gasteiger partial charge in [-0.1, -0.05) is 12.1 Å².